The van der Waals surface area contributed by atoms with E-state index in [4.69, 9.17) is 4.74 Å². The van der Waals surface area contributed by atoms with Crippen molar-refractivity contribution >= 4 is 23.8 Å². The molecule has 9 nitrogen and oxygen atoms in total. The normalized spacial score (nSPS) is 9.81. The molecule has 0 unspecified atom stereocenters. The van der Waals surface area contributed by atoms with Crippen LogP contribution in [0.3, 0.4) is 0 Å². The second kappa shape index (κ2) is 10.7. The molecule has 1 rings (SSSR count). The highest BCUT2D eigenvalue weighted by Crippen LogP contribution is 2.19. The molecule has 142 valence electrons. The number of esters is 3. The van der Waals surface area contributed by atoms with Gasteiger partial charge in [0.15, 0.2) is 6.61 Å². The molecule has 9 heteroatoms. The monoisotopic (exact) mass is 367 g/mol. The van der Waals surface area contributed by atoms with Gasteiger partial charge in [-0.2, -0.15) is 0 Å². The molecule has 0 bridgehead atoms. The first-order chi connectivity index (χ1) is 12.4. The molecule has 1 aromatic carbocycles. The van der Waals surface area contributed by atoms with E-state index in [1.54, 1.807) is 0 Å². The Morgan fingerprint density at radius 1 is 0.885 bits per heavy atom. The smallest absolute Gasteiger partial charge is 0.338 e. The lowest BCUT2D eigenvalue weighted by molar-refractivity contribution is -0.140. The third-order valence-corrected chi connectivity index (χ3v) is 3.23. The number of ether oxygens (including phenoxy) is 4. The van der Waals surface area contributed by atoms with E-state index in [-0.39, 0.29) is 42.4 Å². The molecule has 0 aromatic heterocycles. The molecule has 1 amide bonds. The molecule has 26 heavy (non-hydrogen) atoms. The third-order valence-electron chi connectivity index (χ3n) is 3.23. The van der Waals surface area contributed by atoms with E-state index in [0.717, 1.165) is 0 Å². The summed E-state index contributed by atoms with van der Waals surface area (Å²) in [5, 5.41) is 2.57. The molecule has 1 N–H and O–H groups in total. The summed E-state index contributed by atoms with van der Waals surface area (Å²) in [4.78, 5) is 46.0. The van der Waals surface area contributed by atoms with Crippen LogP contribution in [0.25, 0.3) is 0 Å². The lowest BCUT2D eigenvalue weighted by atomic mass is 10.1. The van der Waals surface area contributed by atoms with Gasteiger partial charge in [-0.1, -0.05) is 0 Å². The van der Waals surface area contributed by atoms with Crippen molar-refractivity contribution in [3.05, 3.63) is 29.3 Å². The van der Waals surface area contributed by atoms with Gasteiger partial charge in [-0.25, -0.2) is 9.59 Å². The molecule has 0 aliphatic heterocycles. The molecular formula is C17H21NO8. The van der Waals surface area contributed by atoms with E-state index in [2.05, 4.69) is 19.5 Å². The molecular weight excluding hydrogens is 346 g/mol. The van der Waals surface area contributed by atoms with Gasteiger partial charge >= 0.3 is 17.9 Å². The van der Waals surface area contributed by atoms with Crippen LogP contribution in [0.1, 0.15) is 33.6 Å². The van der Waals surface area contributed by atoms with Crippen molar-refractivity contribution < 1.29 is 38.1 Å². The first-order valence-electron chi connectivity index (χ1n) is 7.69. The number of nitrogens with one attached hydrogen (secondary N) is 1. The fraction of sp³-hybridized carbons (Fsp3) is 0.412. The van der Waals surface area contributed by atoms with E-state index in [1.165, 1.54) is 39.5 Å². The topological polar surface area (TPSA) is 117 Å². The average molecular weight is 367 g/mol. The SMILES string of the molecule is COC(=O)CCCNC(=O)COc1cc(C(=O)OC)cc(C(=O)OC)c1. The maximum atomic E-state index is 11.7. The number of carbonyl (C=O) groups is 4. The quantitative estimate of drug-likeness (QED) is 0.385. The van der Waals surface area contributed by atoms with Gasteiger partial charge in [0.25, 0.3) is 5.91 Å². The molecule has 0 saturated heterocycles. The summed E-state index contributed by atoms with van der Waals surface area (Å²) in [6.45, 7) is -0.0453. The van der Waals surface area contributed by atoms with Gasteiger partial charge in [-0.3, -0.25) is 9.59 Å². The summed E-state index contributed by atoms with van der Waals surface area (Å²) in [5.74, 6) is -1.96. The Labute approximate surface area is 150 Å². The minimum absolute atomic E-state index is 0.0869. The van der Waals surface area contributed by atoms with Crippen molar-refractivity contribution in [1.82, 2.24) is 5.32 Å². The lowest BCUT2D eigenvalue weighted by Gasteiger charge is -2.10. The Morgan fingerprint density at radius 2 is 1.46 bits per heavy atom. The van der Waals surface area contributed by atoms with Crippen LogP contribution >= 0.6 is 0 Å². The fourth-order valence-corrected chi connectivity index (χ4v) is 1.92. The predicted molar refractivity (Wildman–Crippen MR) is 88.9 cm³/mol. The summed E-state index contributed by atoms with van der Waals surface area (Å²) in [5.41, 5.74) is 0.174. The number of amides is 1. The number of rotatable bonds is 9. The van der Waals surface area contributed by atoms with Crippen LogP contribution in [0.15, 0.2) is 18.2 Å². The summed E-state index contributed by atoms with van der Waals surface area (Å²) >= 11 is 0. The Bertz CT molecular complexity index is 636. The standard InChI is InChI=1S/C17H21NO8/c1-23-15(20)5-4-6-18-14(19)10-26-13-8-11(16(21)24-2)7-12(9-13)17(22)25-3/h7-9H,4-6,10H2,1-3H3,(H,18,19). The van der Waals surface area contributed by atoms with Crippen LogP contribution in [-0.4, -0.2) is 58.3 Å². The first-order valence-corrected chi connectivity index (χ1v) is 7.69. The van der Waals surface area contributed by atoms with Crippen LogP contribution in [-0.2, 0) is 23.8 Å². The van der Waals surface area contributed by atoms with Gasteiger partial charge in [-0.05, 0) is 24.6 Å². The summed E-state index contributed by atoms with van der Waals surface area (Å²) in [7, 11) is 3.70. The van der Waals surface area contributed by atoms with E-state index < -0.39 is 17.8 Å². The highest BCUT2D eigenvalue weighted by molar-refractivity contribution is 5.96. The number of carbonyl (C=O) groups excluding carboxylic acids is 4. The van der Waals surface area contributed by atoms with Gasteiger partial charge < -0.3 is 24.3 Å². The van der Waals surface area contributed by atoms with Crippen LogP contribution in [0, 0.1) is 0 Å². The van der Waals surface area contributed by atoms with E-state index in [1.807, 2.05) is 0 Å². The zero-order valence-electron chi connectivity index (χ0n) is 14.8. The Morgan fingerprint density at radius 3 is 1.96 bits per heavy atom. The van der Waals surface area contributed by atoms with Gasteiger partial charge in [0.1, 0.15) is 5.75 Å². The minimum Gasteiger partial charge on any atom is -0.484 e. The minimum atomic E-state index is -0.659. The van der Waals surface area contributed by atoms with Crippen LogP contribution in [0.2, 0.25) is 0 Å². The van der Waals surface area contributed by atoms with Crippen molar-refractivity contribution in [2.75, 3.05) is 34.5 Å². The summed E-state index contributed by atoms with van der Waals surface area (Å²) < 4.78 is 19.0. The molecule has 0 saturated carbocycles. The van der Waals surface area contributed by atoms with Gasteiger partial charge in [0.2, 0.25) is 0 Å². The molecule has 0 fully saturated rings. The third kappa shape index (κ3) is 6.80. The van der Waals surface area contributed by atoms with Crippen LogP contribution in [0.5, 0.6) is 5.75 Å². The number of methoxy groups -OCH3 is 3. The van der Waals surface area contributed by atoms with Gasteiger partial charge in [0.05, 0.1) is 32.5 Å². The number of hydrogen-bond donors (Lipinski definition) is 1. The van der Waals surface area contributed by atoms with Crippen molar-refractivity contribution in [3.8, 4) is 5.75 Å². The van der Waals surface area contributed by atoms with Crippen molar-refractivity contribution in [2.45, 2.75) is 12.8 Å². The molecule has 0 aliphatic rings. The van der Waals surface area contributed by atoms with Gasteiger partial charge in [-0.15, -0.1) is 0 Å². The van der Waals surface area contributed by atoms with Gasteiger partial charge in [0, 0.05) is 13.0 Å². The van der Waals surface area contributed by atoms with Crippen molar-refractivity contribution in [1.29, 1.82) is 0 Å². The van der Waals surface area contributed by atoms with Crippen LogP contribution < -0.4 is 10.1 Å². The van der Waals surface area contributed by atoms with E-state index >= 15 is 0 Å². The largest absolute Gasteiger partial charge is 0.484 e. The zero-order valence-corrected chi connectivity index (χ0v) is 14.8. The summed E-state index contributed by atoms with van der Waals surface area (Å²) in [6.07, 6.45) is 0.629. The maximum absolute atomic E-state index is 11.7. The molecule has 0 atom stereocenters. The number of hydrogen-bond acceptors (Lipinski definition) is 8. The van der Waals surface area contributed by atoms with Crippen molar-refractivity contribution in [3.63, 3.8) is 0 Å². The second-order valence-corrected chi connectivity index (χ2v) is 5.05. The highest BCUT2D eigenvalue weighted by Gasteiger charge is 2.15. The zero-order chi connectivity index (χ0) is 19.5. The van der Waals surface area contributed by atoms with Crippen LogP contribution in [0.4, 0.5) is 0 Å². The Hall–Kier alpha value is -3.10. The molecule has 1 aromatic rings. The maximum Gasteiger partial charge on any atom is 0.338 e. The molecule has 0 heterocycles. The average Bonchev–Trinajstić information content (AvgIpc) is 2.67. The highest BCUT2D eigenvalue weighted by atomic mass is 16.5. The van der Waals surface area contributed by atoms with Crippen molar-refractivity contribution in [2.24, 2.45) is 0 Å². The fourth-order valence-electron chi connectivity index (χ4n) is 1.92. The Balaban J connectivity index is 2.65. The van der Waals surface area contributed by atoms with E-state index in [9.17, 15) is 19.2 Å². The lowest BCUT2D eigenvalue weighted by Crippen LogP contribution is -2.30. The first kappa shape index (κ1) is 20.9. The molecule has 0 spiro atoms. The Kier molecular flexibility index (Phi) is 8.62. The molecule has 0 radical (unpaired) electrons. The predicted octanol–water partition coefficient (Wildman–Crippen LogP) is 0.708. The summed E-state index contributed by atoms with van der Waals surface area (Å²) in [6, 6.07) is 4.00. The second-order valence-electron chi connectivity index (χ2n) is 5.05. The van der Waals surface area contributed by atoms with E-state index in [0.29, 0.717) is 6.42 Å². The molecule has 0 aliphatic carbocycles. The number of benzene rings is 1.